The molecule has 1 aliphatic heterocycles. The molecule has 3 aromatic rings. The van der Waals surface area contributed by atoms with Crippen LogP contribution in [0.4, 0.5) is 0 Å². The molecule has 0 atom stereocenters. The SMILES string of the molecule is CC(C)CCn1c(CN2CCc3ccccc3C2)nc2c1c(=O)n(C)c(=O)n2C. The van der Waals surface area contributed by atoms with Crippen molar-refractivity contribution in [1.82, 2.24) is 23.6 Å². The number of hydrogen-bond acceptors (Lipinski definition) is 4. The van der Waals surface area contributed by atoms with E-state index in [1.165, 1.54) is 27.3 Å². The molecule has 0 unspecified atom stereocenters. The van der Waals surface area contributed by atoms with Gasteiger partial charge in [0.2, 0.25) is 0 Å². The molecule has 3 heterocycles. The number of fused-ring (bicyclic) bond motifs is 2. The fourth-order valence-corrected chi connectivity index (χ4v) is 4.13. The largest absolute Gasteiger partial charge is 0.332 e. The second-order valence-corrected chi connectivity index (χ2v) is 8.47. The van der Waals surface area contributed by atoms with Gasteiger partial charge < -0.3 is 4.57 Å². The highest BCUT2D eigenvalue weighted by Crippen LogP contribution is 2.22. The molecule has 0 spiro atoms. The summed E-state index contributed by atoms with van der Waals surface area (Å²) in [7, 11) is 3.22. The maximum atomic E-state index is 12.9. The van der Waals surface area contributed by atoms with Gasteiger partial charge >= 0.3 is 5.69 Å². The molecule has 1 aliphatic rings. The van der Waals surface area contributed by atoms with E-state index in [1.807, 2.05) is 4.57 Å². The van der Waals surface area contributed by atoms with E-state index in [0.717, 1.165) is 38.3 Å². The summed E-state index contributed by atoms with van der Waals surface area (Å²) in [5.74, 6) is 1.37. The van der Waals surface area contributed by atoms with Crippen LogP contribution >= 0.6 is 0 Å². The van der Waals surface area contributed by atoms with Crippen LogP contribution in [0, 0.1) is 5.92 Å². The summed E-state index contributed by atoms with van der Waals surface area (Å²) >= 11 is 0. The number of hydrogen-bond donors (Lipinski definition) is 0. The topological polar surface area (TPSA) is 65.1 Å². The summed E-state index contributed by atoms with van der Waals surface area (Å²) in [6.45, 7) is 7.57. The van der Waals surface area contributed by atoms with E-state index in [4.69, 9.17) is 4.98 Å². The van der Waals surface area contributed by atoms with Crippen LogP contribution in [-0.2, 0) is 40.2 Å². The lowest BCUT2D eigenvalue weighted by molar-refractivity contribution is 0.236. The summed E-state index contributed by atoms with van der Waals surface area (Å²) in [4.78, 5) is 32.4. The zero-order chi connectivity index (χ0) is 20.7. The predicted octanol–water partition coefficient (Wildman–Crippen LogP) is 2.04. The molecule has 7 heteroatoms. The van der Waals surface area contributed by atoms with Gasteiger partial charge in [0, 0.05) is 33.7 Å². The molecule has 2 aromatic heterocycles. The van der Waals surface area contributed by atoms with Crippen LogP contribution in [0.5, 0.6) is 0 Å². The van der Waals surface area contributed by atoms with Crippen LogP contribution in [0.15, 0.2) is 33.9 Å². The van der Waals surface area contributed by atoms with Gasteiger partial charge in [-0.15, -0.1) is 0 Å². The summed E-state index contributed by atoms with van der Waals surface area (Å²) in [6.07, 6.45) is 1.97. The predicted molar refractivity (Wildman–Crippen MR) is 114 cm³/mol. The molecule has 0 bridgehead atoms. The Hall–Kier alpha value is -2.67. The number of aryl methyl sites for hydroxylation is 2. The van der Waals surface area contributed by atoms with Crippen molar-refractivity contribution >= 4 is 11.2 Å². The van der Waals surface area contributed by atoms with E-state index >= 15 is 0 Å². The lowest BCUT2D eigenvalue weighted by Crippen LogP contribution is -2.37. The molecular formula is C22H29N5O2. The van der Waals surface area contributed by atoms with Gasteiger partial charge in [-0.25, -0.2) is 9.78 Å². The summed E-state index contributed by atoms with van der Waals surface area (Å²) in [6, 6.07) is 8.56. The van der Waals surface area contributed by atoms with Crippen molar-refractivity contribution in [3.63, 3.8) is 0 Å². The fraction of sp³-hybridized carbons (Fsp3) is 0.500. The van der Waals surface area contributed by atoms with Gasteiger partial charge in [0.15, 0.2) is 11.2 Å². The number of aromatic nitrogens is 4. The Balaban J connectivity index is 1.76. The van der Waals surface area contributed by atoms with Gasteiger partial charge in [-0.05, 0) is 29.9 Å². The molecule has 0 saturated carbocycles. The minimum Gasteiger partial charge on any atom is -0.321 e. The van der Waals surface area contributed by atoms with Gasteiger partial charge in [-0.3, -0.25) is 18.8 Å². The highest BCUT2D eigenvalue weighted by molar-refractivity contribution is 5.71. The minimum absolute atomic E-state index is 0.269. The van der Waals surface area contributed by atoms with Crippen molar-refractivity contribution in [1.29, 1.82) is 0 Å². The average molecular weight is 396 g/mol. The van der Waals surface area contributed by atoms with Crippen molar-refractivity contribution in [2.75, 3.05) is 6.54 Å². The molecule has 0 aliphatic carbocycles. The lowest BCUT2D eigenvalue weighted by atomic mass is 10.00. The Bertz CT molecular complexity index is 1170. The molecule has 1 aromatic carbocycles. The van der Waals surface area contributed by atoms with Crippen LogP contribution in [0.25, 0.3) is 11.2 Å². The Morgan fingerprint density at radius 3 is 2.52 bits per heavy atom. The van der Waals surface area contributed by atoms with Crippen molar-refractivity contribution in [3.05, 3.63) is 62.1 Å². The molecule has 7 nitrogen and oxygen atoms in total. The summed E-state index contributed by atoms with van der Waals surface area (Å²) in [5.41, 5.74) is 3.17. The normalized spacial score (nSPS) is 14.7. The standard InChI is InChI=1S/C22H29N5O2/c1-15(2)9-12-27-18(14-26-11-10-16-7-5-6-8-17(16)13-26)23-20-19(27)21(28)25(4)22(29)24(20)3/h5-8,15H,9-14H2,1-4H3. The fourth-order valence-electron chi connectivity index (χ4n) is 4.13. The highest BCUT2D eigenvalue weighted by atomic mass is 16.2. The Kier molecular flexibility index (Phi) is 5.17. The monoisotopic (exact) mass is 395 g/mol. The Morgan fingerprint density at radius 2 is 1.79 bits per heavy atom. The second kappa shape index (κ2) is 7.63. The van der Waals surface area contributed by atoms with E-state index < -0.39 is 0 Å². The molecule has 0 N–H and O–H groups in total. The van der Waals surface area contributed by atoms with Crippen molar-refractivity contribution in [3.8, 4) is 0 Å². The first kappa shape index (κ1) is 19.6. The number of nitrogens with zero attached hydrogens (tertiary/aromatic N) is 5. The van der Waals surface area contributed by atoms with Crippen molar-refractivity contribution in [2.45, 2.75) is 46.3 Å². The molecule has 4 rings (SSSR count). The minimum atomic E-state index is -0.338. The smallest absolute Gasteiger partial charge is 0.321 e. The van der Waals surface area contributed by atoms with E-state index in [0.29, 0.717) is 23.6 Å². The van der Waals surface area contributed by atoms with Crippen LogP contribution in [0.2, 0.25) is 0 Å². The van der Waals surface area contributed by atoms with Gasteiger partial charge in [-0.1, -0.05) is 38.1 Å². The first-order valence-corrected chi connectivity index (χ1v) is 10.3. The molecule has 154 valence electrons. The van der Waals surface area contributed by atoms with Crippen LogP contribution in [0.3, 0.4) is 0 Å². The average Bonchev–Trinajstić information content (AvgIpc) is 3.07. The van der Waals surface area contributed by atoms with E-state index in [-0.39, 0.29) is 11.2 Å². The lowest BCUT2D eigenvalue weighted by Gasteiger charge is -2.28. The Morgan fingerprint density at radius 1 is 1.07 bits per heavy atom. The number of imidazole rings is 1. The first-order valence-electron chi connectivity index (χ1n) is 10.3. The van der Waals surface area contributed by atoms with Crippen LogP contribution in [0.1, 0.15) is 37.2 Å². The molecule has 0 radical (unpaired) electrons. The van der Waals surface area contributed by atoms with E-state index in [1.54, 1.807) is 7.05 Å². The zero-order valence-electron chi connectivity index (χ0n) is 17.7. The summed E-state index contributed by atoms with van der Waals surface area (Å²) in [5, 5.41) is 0. The highest BCUT2D eigenvalue weighted by Gasteiger charge is 2.22. The van der Waals surface area contributed by atoms with Gasteiger partial charge in [-0.2, -0.15) is 0 Å². The molecule has 0 fully saturated rings. The molecular weight excluding hydrogens is 366 g/mol. The van der Waals surface area contributed by atoms with Crippen LogP contribution < -0.4 is 11.2 Å². The maximum Gasteiger partial charge on any atom is 0.332 e. The van der Waals surface area contributed by atoms with Gasteiger partial charge in [0.25, 0.3) is 5.56 Å². The van der Waals surface area contributed by atoms with Gasteiger partial charge in [0.05, 0.1) is 6.54 Å². The quantitative estimate of drug-likeness (QED) is 0.663. The maximum absolute atomic E-state index is 12.9. The van der Waals surface area contributed by atoms with Crippen LogP contribution in [-0.4, -0.2) is 30.1 Å². The Labute approximate surface area is 170 Å². The summed E-state index contributed by atoms with van der Waals surface area (Å²) < 4.78 is 4.70. The molecule has 0 saturated heterocycles. The van der Waals surface area contributed by atoms with E-state index in [2.05, 4.69) is 43.0 Å². The third-order valence-corrected chi connectivity index (χ3v) is 5.93. The molecule has 29 heavy (non-hydrogen) atoms. The van der Waals surface area contributed by atoms with Gasteiger partial charge in [0.1, 0.15) is 5.82 Å². The number of benzene rings is 1. The number of rotatable bonds is 5. The van der Waals surface area contributed by atoms with E-state index in [9.17, 15) is 9.59 Å². The third kappa shape index (κ3) is 3.55. The zero-order valence-corrected chi connectivity index (χ0v) is 17.7. The molecule has 0 amide bonds. The first-order chi connectivity index (χ1) is 13.9. The van der Waals surface area contributed by atoms with Crippen molar-refractivity contribution in [2.24, 2.45) is 20.0 Å². The third-order valence-electron chi connectivity index (χ3n) is 5.93. The van der Waals surface area contributed by atoms with Crippen molar-refractivity contribution < 1.29 is 0 Å². The second-order valence-electron chi connectivity index (χ2n) is 8.47.